The monoisotopic (exact) mass is 741 g/mol. The van der Waals surface area contributed by atoms with Crippen LogP contribution in [0.4, 0.5) is 24.5 Å². The fraction of sp³-hybridized carbons (Fsp3) is 0.441. The predicted octanol–water partition coefficient (Wildman–Crippen LogP) is 4.11. The molecule has 0 saturated carbocycles. The lowest BCUT2D eigenvalue weighted by atomic mass is 9.73. The summed E-state index contributed by atoms with van der Waals surface area (Å²) in [7, 11) is 0. The molecule has 1 aliphatic carbocycles. The Balaban J connectivity index is 1.23. The SMILES string of the molecule is CCc1c(N2CCN(C(=O)c3ncnc(C)c3O)CC2)c(=O)n2nc(C3=CCC4(CC3)COC4)nc2n1CC(=O)Nc1ccc(C(F)(F)F)cc1Cl. The number of hydrogen-bond donors (Lipinski definition) is 2. The van der Waals surface area contributed by atoms with Crippen molar-refractivity contribution in [2.45, 2.75) is 52.3 Å². The lowest BCUT2D eigenvalue weighted by Gasteiger charge is -2.43. The van der Waals surface area contributed by atoms with E-state index in [2.05, 4.69) is 26.5 Å². The standard InChI is InChI=1S/C34H35ClF3N9O5/c1-3-24-27(44-10-12-45(13-11-44)30(50)26-28(49)19(2)39-18-40-26)31(51)47-32(42-29(43-47)20-6-8-33(9-7-20)16-52-17-33)46(24)15-25(48)41-23-5-4-21(14-22(23)35)34(36,37)38/h4-6,14,18,49H,3,7-13,15-17H2,1-2H3,(H,41,48). The number of hydrogen-bond acceptors (Lipinski definition) is 10. The molecule has 2 amide bonds. The van der Waals surface area contributed by atoms with Crippen LogP contribution in [0.3, 0.4) is 0 Å². The molecule has 2 saturated heterocycles. The number of aromatic nitrogens is 6. The summed E-state index contributed by atoms with van der Waals surface area (Å²) in [5, 5.41) is 17.3. The van der Waals surface area contributed by atoms with Crippen LogP contribution in [-0.4, -0.2) is 90.3 Å². The Kier molecular flexibility index (Phi) is 9.19. The third-order valence-electron chi connectivity index (χ3n) is 9.93. The zero-order chi connectivity index (χ0) is 36.9. The van der Waals surface area contributed by atoms with Crippen LogP contribution >= 0.6 is 11.6 Å². The zero-order valence-electron chi connectivity index (χ0n) is 28.3. The van der Waals surface area contributed by atoms with Crippen LogP contribution < -0.4 is 15.8 Å². The Labute approximate surface area is 299 Å². The molecule has 3 aliphatic rings. The first-order valence-electron chi connectivity index (χ1n) is 16.8. The molecule has 274 valence electrons. The highest BCUT2D eigenvalue weighted by Gasteiger charge is 2.40. The summed E-state index contributed by atoms with van der Waals surface area (Å²) in [6.07, 6.45) is 1.34. The minimum atomic E-state index is -4.61. The lowest BCUT2D eigenvalue weighted by molar-refractivity contribution is -0.137. The second-order valence-electron chi connectivity index (χ2n) is 13.3. The highest BCUT2D eigenvalue weighted by atomic mass is 35.5. The number of piperazine rings is 1. The van der Waals surface area contributed by atoms with Crippen LogP contribution in [0.25, 0.3) is 11.4 Å². The molecule has 18 heteroatoms. The summed E-state index contributed by atoms with van der Waals surface area (Å²) in [5.41, 5.74) is 0.507. The van der Waals surface area contributed by atoms with Crippen LogP contribution in [0.2, 0.25) is 5.02 Å². The van der Waals surface area contributed by atoms with Crippen molar-refractivity contribution in [2.24, 2.45) is 5.41 Å². The summed E-state index contributed by atoms with van der Waals surface area (Å²) in [6.45, 7) is 5.32. The van der Waals surface area contributed by atoms with E-state index in [0.717, 1.165) is 36.6 Å². The average Bonchev–Trinajstić information content (AvgIpc) is 3.56. The molecule has 5 heterocycles. The van der Waals surface area contributed by atoms with Gasteiger partial charge < -0.3 is 29.5 Å². The van der Waals surface area contributed by atoms with Crippen molar-refractivity contribution in [1.29, 1.82) is 0 Å². The molecule has 0 atom stereocenters. The van der Waals surface area contributed by atoms with Crippen LogP contribution in [0, 0.1) is 12.3 Å². The highest BCUT2D eigenvalue weighted by molar-refractivity contribution is 6.33. The molecule has 0 bridgehead atoms. The lowest BCUT2D eigenvalue weighted by Crippen LogP contribution is -2.51. The summed E-state index contributed by atoms with van der Waals surface area (Å²) in [6, 6.07) is 2.66. The minimum absolute atomic E-state index is 0.0101. The maximum atomic E-state index is 14.3. The number of aryl methyl sites for hydroxylation is 1. The molecule has 2 N–H and O–H groups in total. The van der Waals surface area contributed by atoms with E-state index in [0.29, 0.717) is 37.6 Å². The van der Waals surface area contributed by atoms with Gasteiger partial charge in [-0.05, 0) is 56.4 Å². The van der Waals surface area contributed by atoms with Gasteiger partial charge in [0.2, 0.25) is 11.7 Å². The Morgan fingerprint density at radius 2 is 1.88 bits per heavy atom. The second kappa shape index (κ2) is 13.5. The van der Waals surface area contributed by atoms with Gasteiger partial charge in [-0.1, -0.05) is 24.6 Å². The van der Waals surface area contributed by atoms with E-state index in [-0.39, 0.29) is 77.5 Å². The first-order valence-corrected chi connectivity index (χ1v) is 17.2. The maximum Gasteiger partial charge on any atom is 0.416 e. The first kappa shape index (κ1) is 35.4. The van der Waals surface area contributed by atoms with Gasteiger partial charge in [0.15, 0.2) is 17.3 Å². The van der Waals surface area contributed by atoms with E-state index in [1.165, 1.54) is 15.7 Å². The third kappa shape index (κ3) is 6.46. The number of halogens is 4. The topological polar surface area (TPSA) is 160 Å². The smallest absolute Gasteiger partial charge is 0.416 e. The predicted molar refractivity (Wildman–Crippen MR) is 183 cm³/mol. The Bertz CT molecular complexity index is 2170. The van der Waals surface area contributed by atoms with Crippen LogP contribution in [0.1, 0.15) is 59.5 Å². The molecular weight excluding hydrogens is 707 g/mol. The van der Waals surface area contributed by atoms with Crippen molar-refractivity contribution < 1.29 is 32.6 Å². The van der Waals surface area contributed by atoms with Crippen LogP contribution in [0.5, 0.6) is 5.75 Å². The molecule has 3 aromatic heterocycles. The molecule has 1 aromatic carbocycles. The minimum Gasteiger partial charge on any atom is -0.504 e. The summed E-state index contributed by atoms with van der Waals surface area (Å²) >= 11 is 6.14. The van der Waals surface area contributed by atoms with Crippen molar-refractivity contribution in [3.05, 3.63) is 74.4 Å². The van der Waals surface area contributed by atoms with Crippen molar-refractivity contribution in [2.75, 3.05) is 49.6 Å². The van der Waals surface area contributed by atoms with Crippen LogP contribution in [0.15, 0.2) is 35.4 Å². The summed E-state index contributed by atoms with van der Waals surface area (Å²) in [4.78, 5) is 57.1. The van der Waals surface area contributed by atoms with Gasteiger partial charge in [0.1, 0.15) is 18.6 Å². The molecule has 1 spiro atoms. The van der Waals surface area contributed by atoms with E-state index < -0.39 is 29.1 Å². The average molecular weight is 742 g/mol. The quantitative estimate of drug-likeness (QED) is 0.282. The van der Waals surface area contributed by atoms with Gasteiger partial charge in [-0.15, -0.1) is 5.10 Å². The van der Waals surface area contributed by atoms with Crippen molar-refractivity contribution >= 4 is 46.1 Å². The Morgan fingerprint density at radius 3 is 2.50 bits per heavy atom. The molecule has 0 unspecified atom stereocenters. The van der Waals surface area contributed by atoms with Gasteiger partial charge in [-0.2, -0.15) is 22.7 Å². The number of alkyl halides is 3. The Hall–Kier alpha value is -5.03. The van der Waals surface area contributed by atoms with Crippen LogP contribution in [-0.2, 0) is 28.7 Å². The fourth-order valence-corrected chi connectivity index (χ4v) is 7.13. The molecule has 2 fully saturated rings. The number of nitrogens with zero attached hydrogens (tertiary/aromatic N) is 8. The van der Waals surface area contributed by atoms with Crippen molar-refractivity contribution in [1.82, 2.24) is 34.0 Å². The zero-order valence-corrected chi connectivity index (χ0v) is 29.1. The van der Waals surface area contributed by atoms with Gasteiger partial charge in [0.25, 0.3) is 11.5 Å². The maximum absolute atomic E-state index is 14.3. The molecule has 0 radical (unpaired) electrons. The van der Waals surface area contributed by atoms with E-state index in [4.69, 9.17) is 21.3 Å². The van der Waals surface area contributed by atoms with Gasteiger partial charge in [0.05, 0.1) is 40.9 Å². The molecule has 7 rings (SSSR count). The normalized spacial score (nSPS) is 17.3. The number of rotatable bonds is 7. The second-order valence-corrected chi connectivity index (χ2v) is 13.7. The number of carbonyl (C=O) groups is 2. The van der Waals surface area contributed by atoms with E-state index in [9.17, 15) is 32.7 Å². The fourth-order valence-electron chi connectivity index (χ4n) is 6.90. The number of carbonyl (C=O) groups excluding carboxylic acids is 2. The Morgan fingerprint density at radius 1 is 1.13 bits per heavy atom. The van der Waals surface area contributed by atoms with Crippen molar-refractivity contribution in [3.8, 4) is 5.75 Å². The number of aromatic hydroxyl groups is 1. The third-order valence-corrected chi connectivity index (χ3v) is 10.2. The van der Waals surface area contributed by atoms with E-state index in [1.807, 2.05) is 11.8 Å². The summed E-state index contributed by atoms with van der Waals surface area (Å²) < 4.78 is 47.9. The van der Waals surface area contributed by atoms with Gasteiger partial charge in [-0.25, -0.2) is 9.97 Å². The van der Waals surface area contributed by atoms with Gasteiger partial charge in [0, 0.05) is 31.6 Å². The number of anilines is 2. The highest BCUT2D eigenvalue weighted by Crippen LogP contribution is 2.43. The number of benzene rings is 1. The van der Waals surface area contributed by atoms with E-state index >= 15 is 0 Å². The number of nitrogens with one attached hydrogen (secondary N) is 1. The largest absolute Gasteiger partial charge is 0.504 e. The molecule has 52 heavy (non-hydrogen) atoms. The number of ether oxygens (including phenoxy) is 1. The molecule has 14 nitrogen and oxygen atoms in total. The molecular formula is C34H35ClF3N9O5. The van der Waals surface area contributed by atoms with Crippen molar-refractivity contribution in [3.63, 3.8) is 0 Å². The van der Waals surface area contributed by atoms with Gasteiger partial charge >= 0.3 is 6.18 Å². The number of fused-ring (bicyclic) bond motifs is 1. The van der Waals surface area contributed by atoms with E-state index in [1.54, 1.807) is 11.5 Å². The molecule has 2 aliphatic heterocycles. The number of amides is 2. The molecule has 4 aromatic rings. The number of allylic oxidation sites excluding steroid dienone is 2. The summed E-state index contributed by atoms with van der Waals surface area (Å²) in [5.74, 6) is -0.885. The van der Waals surface area contributed by atoms with Gasteiger partial charge in [-0.3, -0.25) is 14.4 Å². The first-order chi connectivity index (χ1) is 24.8.